The van der Waals surface area contributed by atoms with Gasteiger partial charge in [-0.05, 0) is 38.3 Å². The molecule has 0 rings (SSSR count). The Morgan fingerprint density at radius 1 is 1.21 bits per heavy atom. The third-order valence-corrected chi connectivity index (χ3v) is 2.53. The van der Waals surface area contributed by atoms with E-state index in [1.54, 1.807) is 14.1 Å². The Bertz CT molecular complexity index is 358. The zero-order valence-electron chi connectivity index (χ0n) is 11.5. The molecule has 108 valence electrons. The summed E-state index contributed by atoms with van der Waals surface area (Å²) in [7, 11) is 3.41. The maximum absolute atomic E-state index is 5.45. The zero-order chi connectivity index (χ0) is 14.7. The third kappa shape index (κ3) is 8.41. The Morgan fingerprint density at radius 3 is 2.32 bits per heavy atom. The monoisotopic (exact) mass is 304 g/mol. The quantitative estimate of drug-likeness (QED) is 0.311. The molecule has 0 aromatic heterocycles. The molecule has 0 radical (unpaired) electrons. The fourth-order valence-corrected chi connectivity index (χ4v) is 1.04. The van der Waals surface area contributed by atoms with Crippen LogP contribution in [0, 0.1) is 0 Å². The number of hydrazone groups is 2. The first-order chi connectivity index (χ1) is 9.04. The fourth-order valence-electron chi connectivity index (χ4n) is 0.944. The Balaban J connectivity index is 4.66. The van der Waals surface area contributed by atoms with Crippen molar-refractivity contribution in [2.75, 3.05) is 20.7 Å². The molecule has 0 aromatic carbocycles. The predicted octanol–water partition coefficient (Wildman–Crippen LogP) is -0.0590. The SMILES string of the molecule is CCOC(C)C(/C=N/NC(=S)NC)=NNC(=S)NC. The van der Waals surface area contributed by atoms with Gasteiger partial charge in [0.15, 0.2) is 10.2 Å². The molecule has 1 atom stereocenters. The minimum Gasteiger partial charge on any atom is -0.372 e. The lowest BCUT2D eigenvalue weighted by Crippen LogP contribution is -2.33. The fraction of sp³-hybridized carbons (Fsp3) is 0.600. The maximum atomic E-state index is 5.45. The summed E-state index contributed by atoms with van der Waals surface area (Å²) in [6.45, 7) is 4.35. The van der Waals surface area contributed by atoms with Gasteiger partial charge in [-0.3, -0.25) is 10.9 Å². The average molecular weight is 304 g/mol. The van der Waals surface area contributed by atoms with Gasteiger partial charge in [-0.15, -0.1) is 0 Å². The number of ether oxygens (including phenoxy) is 1. The molecule has 0 saturated carbocycles. The molecule has 0 bridgehead atoms. The van der Waals surface area contributed by atoms with E-state index in [2.05, 4.69) is 31.7 Å². The Labute approximate surface area is 124 Å². The standard InChI is InChI=1S/C10H20N6OS2/c1-5-17-7(2)8(14-16-10(19)12-4)6-13-15-9(18)11-3/h6-7H,5H2,1-4H3,(H2,11,15,18)(H2,12,16,19)/b13-6+,14-8?. The second kappa shape index (κ2) is 10.6. The molecular formula is C10H20N6OS2. The minimum atomic E-state index is -0.217. The maximum Gasteiger partial charge on any atom is 0.186 e. The number of nitrogens with zero attached hydrogens (tertiary/aromatic N) is 2. The molecule has 19 heavy (non-hydrogen) atoms. The molecule has 0 aromatic rings. The largest absolute Gasteiger partial charge is 0.372 e. The van der Waals surface area contributed by atoms with Gasteiger partial charge in [-0.1, -0.05) is 0 Å². The lowest BCUT2D eigenvalue weighted by molar-refractivity contribution is 0.123. The minimum absolute atomic E-state index is 0.217. The van der Waals surface area contributed by atoms with Crippen LogP contribution < -0.4 is 21.5 Å². The summed E-state index contributed by atoms with van der Waals surface area (Å²) >= 11 is 9.83. The van der Waals surface area contributed by atoms with E-state index in [1.165, 1.54) is 6.21 Å². The highest BCUT2D eigenvalue weighted by Gasteiger charge is 2.08. The van der Waals surface area contributed by atoms with Crippen LogP contribution in [0.3, 0.4) is 0 Å². The van der Waals surface area contributed by atoms with Crippen LogP contribution in [0.4, 0.5) is 0 Å². The molecule has 0 aliphatic heterocycles. The molecular weight excluding hydrogens is 284 g/mol. The van der Waals surface area contributed by atoms with Gasteiger partial charge in [0.25, 0.3) is 0 Å². The summed E-state index contributed by atoms with van der Waals surface area (Å²) in [6, 6.07) is 0. The van der Waals surface area contributed by atoms with Crippen LogP contribution in [0.5, 0.6) is 0 Å². The number of hydrogen-bond donors (Lipinski definition) is 4. The average Bonchev–Trinajstić information content (AvgIpc) is 2.41. The molecule has 0 aliphatic carbocycles. The number of thiocarbonyl (C=S) groups is 2. The first-order valence-electron chi connectivity index (χ1n) is 5.72. The van der Waals surface area contributed by atoms with E-state index in [0.29, 0.717) is 22.5 Å². The summed E-state index contributed by atoms with van der Waals surface area (Å²) in [5.41, 5.74) is 5.91. The highest BCUT2D eigenvalue weighted by molar-refractivity contribution is 7.80. The molecule has 7 nitrogen and oxygen atoms in total. The summed E-state index contributed by atoms with van der Waals surface area (Å²) in [5.74, 6) is 0. The van der Waals surface area contributed by atoms with E-state index in [1.807, 2.05) is 13.8 Å². The second-order valence-corrected chi connectivity index (χ2v) is 4.09. The lowest BCUT2D eigenvalue weighted by Gasteiger charge is -2.12. The van der Waals surface area contributed by atoms with E-state index >= 15 is 0 Å². The van der Waals surface area contributed by atoms with Crippen molar-refractivity contribution in [1.82, 2.24) is 21.5 Å². The van der Waals surface area contributed by atoms with Gasteiger partial charge in [0, 0.05) is 20.7 Å². The zero-order valence-corrected chi connectivity index (χ0v) is 13.1. The third-order valence-electron chi connectivity index (χ3n) is 1.94. The van der Waals surface area contributed by atoms with E-state index in [9.17, 15) is 0 Å². The first-order valence-corrected chi connectivity index (χ1v) is 6.54. The molecule has 0 saturated heterocycles. The van der Waals surface area contributed by atoms with Crippen LogP contribution in [-0.2, 0) is 4.74 Å². The van der Waals surface area contributed by atoms with E-state index in [4.69, 9.17) is 29.2 Å². The summed E-state index contributed by atoms with van der Waals surface area (Å²) in [4.78, 5) is 0. The second-order valence-electron chi connectivity index (χ2n) is 3.27. The van der Waals surface area contributed by atoms with Gasteiger partial charge in [-0.2, -0.15) is 10.2 Å². The smallest absolute Gasteiger partial charge is 0.186 e. The topological polar surface area (TPSA) is 82.1 Å². The molecule has 0 amide bonds. The van der Waals surface area contributed by atoms with Crippen molar-refractivity contribution in [2.24, 2.45) is 10.2 Å². The molecule has 0 heterocycles. The van der Waals surface area contributed by atoms with Gasteiger partial charge in [0.2, 0.25) is 0 Å². The van der Waals surface area contributed by atoms with Gasteiger partial charge >= 0.3 is 0 Å². The van der Waals surface area contributed by atoms with Crippen LogP contribution >= 0.6 is 24.4 Å². The normalized spacial score (nSPS) is 12.9. The van der Waals surface area contributed by atoms with Crippen LogP contribution in [0.25, 0.3) is 0 Å². The molecule has 0 fully saturated rings. The predicted molar refractivity (Wildman–Crippen MR) is 86.6 cm³/mol. The van der Waals surface area contributed by atoms with Crippen LogP contribution in [0.15, 0.2) is 10.2 Å². The molecule has 9 heteroatoms. The highest BCUT2D eigenvalue weighted by Crippen LogP contribution is 1.93. The van der Waals surface area contributed by atoms with Gasteiger partial charge in [0.1, 0.15) is 11.8 Å². The van der Waals surface area contributed by atoms with Crippen molar-refractivity contribution in [2.45, 2.75) is 20.0 Å². The number of nitrogens with one attached hydrogen (secondary N) is 4. The van der Waals surface area contributed by atoms with Crippen molar-refractivity contribution in [3.63, 3.8) is 0 Å². The lowest BCUT2D eigenvalue weighted by atomic mass is 10.2. The Hall–Kier alpha value is -1.32. The Morgan fingerprint density at radius 2 is 1.79 bits per heavy atom. The number of hydrogen-bond acceptors (Lipinski definition) is 5. The van der Waals surface area contributed by atoms with Crippen molar-refractivity contribution in [3.8, 4) is 0 Å². The molecule has 4 N–H and O–H groups in total. The molecule has 1 unspecified atom stereocenters. The number of rotatable bonds is 6. The van der Waals surface area contributed by atoms with Crippen molar-refractivity contribution >= 4 is 46.6 Å². The van der Waals surface area contributed by atoms with Crippen LogP contribution in [0.2, 0.25) is 0 Å². The summed E-state index contributed by atoms with van der Waals surface area (Å²) < 4.78 is 5.45. The molecule has 0 spiro atoms. The van der Waals surface area contributed by atoms with Gasteiger partial charge < -0.3 is 15.4 Å². The van der Waals surface area contributed by atoms with Crippen molar-refractivity contribution in [3.05, 3.63) is 0 Å². The molecule has 0 aliphatic rings. The van der Waals surface area contributed by atoms with Crippen molar-refractivity contribution in [1.29, 1.82) is 0 Å². The van der Waals surface area contributed by atoms with E-state index in [0.717, 1.165) is 0 Å². The van der Waals surface area contributed by atoms with Gasteiger partial charge in [-0.25, -0.2) is 0 Å². The highest BCUT2D eigenvalue weighted by atomic mass is 32.1. The van der Waals surface area contributed by atoms with E-state index < -0.39 is 0 Å². The Kier molecular flexibility index (Phi) is 9.85. The van der Waals surface area contributed by atoms with Crippen molar-refractivity contribution < 1.29 is 4.74 Å². The van der Waals surface area contributed by atoms with Gasteiger partial charge in [0.05, 0.1) is 6.21 Å². The summed E-state index contributed by atoms with van der Waals surface area (Å²) in [6.07, 6.45) is 1.31. The van der Waals surface area contributed by atoms with Crippen LogP contribution in [-0.4, -0.2) is 49.0 Å². The first kappa shape index (κ1) is 17.7. The summed E-state index contributed by atoms with van der Waals surface area (Å²) in [5, 5.41) is 14.4. The van der Waals surface area contributed by atoms with E-state index in [-0.39, 0.29) is 6.10 Å². The van der Waals surface area contributed by atoms with Crippen LogP contribution in [0.1, 0.15) is 13.8 Å².